The molecule has 0 spiro atoms. The van der Waals surface area contributed by atoms with Crippen LogP contribution in [0.4, 0.5) is 0 Å². The maximum absolute atomic E-state index is 11.5. The van der Waals surface area contributed by atoms with Crippen molar-refractivity contribution >= 4 is 11.9 Å². The highest BCUT2D eigenvalue weighted by molar-refractivity contribution is 5.94. The monoisotopic (exact) mass is 236 g/mol. The summed E-state index contributed by atoms with van der Waals surface area (Å²) in [6, 6.07) is 3.80. The average molecular weight is 236 g/mol. The highest BCUT2D eigenvalue weighted by atomic mass is 16.5. The Morgan fingerprint density at radius 3 is 2.59 bits per heavy atom. The smallest absolute Gasteiger partial charge is 0.315 e. The van der Waals surface area contributed by atoms with Crippen molar-refractivity contribution < 1.29 is 14.3 Å². The highest BCUT2D eigenvalue weighted by Crippen LogP contribution is 2.00. The van der Waals surface area contributed by atoms with Gasteiger partial charge in [-0.2, -0.15) is 0 Å². The molecule has 0 aromatic carbocycles. The lowest BCUT2D eigenvalue weighted by atomic mass is 10.2. The number of ether oxygens (including phenoxy) is 1. The Hall–Kier alpha value is -1.91. The zero-order valence-electron chi connectivity index (χ0n) is 10.0. The fourth-order valence-corrected chi connectivity index (χ4v) is 1.30. The average Bonchev–Trinajstić information content (AvgIpc) is 2.36. The molecule has 0 N–H and O–H groups in total. The van der Waals surface area contributed by atoms with E-state index in [1.807, 2.05) is 12.1 Å². The van der Waals surface area contributed by atoms with Crippen LogP contribution in [0.2, 0.25) is 0 Å². The number of hydrogen-bond acceptors (Lipinski definition) is 4. The topological polar surface area (TPSA) is 59.5 Å². The van der Waals surface area contributed by atoms with Crippen molar-refractivity contribution in [3.8, 4) is 0 Å². The predicted octanol–water partition coefficient (Wildman–Crippen LogP) is 0.646. The molecular weight excluding hydrogens is 220 g/mol. The van der Waals surface area contributed by atoms with Gasteiger partial charge in [-0.05, 0) is 24.1 Å². The van der Waals surface area contributed by atoms with Crippen molar-refractivity contribution in [1.29, 1.82) is 0 Å². The van der Waals surface area contributed by atoms with Gasteiger partial charge in [-0.25, -0.2) is 0 Å². The SMILES string of the molecule is COC(=O)CC(=O)N(C)CCc1ccncc1. The largest absolute Gasteiger partial charge is 0.469 e. The summed E-state index contributed by atoms with van der Waals surface area (Å²) in [5.41, 5.74) is 1.11. The van der Waals surface area contributed by atoms with Gasteiger partial charge >= 0.3 is 5.97 Å². The van der Waals surface area contributed by atoms with Gasteiger partial charge in [0, 0.05) is 26.0 Å². The summed E-state index contributed by atoms with van der Waals surface area (Å²) in [7, 11) is 2.94. The summed E-state index contributed by atoms with van der Waals surface area (Å²) in [4.78, 5) is 27.9. The first-order valence-electron chi connectivity index (χ1n) is 5.33. The Bertz CT molecular complexity index is 379. The molecule has 1 aromatic heterocycles. The number of likely N-dealkylation sites (N-methyl/N-ethyl adjacent to an activating group) is 1. The minimum absolute atomic E-state index is 0.205. The Morgan fingerprint density at radius 2 is 2.00 bits per heavy atom. The van der Waals surface area contributed by atoms with Gasteiger partial charge in [0.15, 0.2) is 0 Å². The Morgan fingerprint density at radius 1 is 1.35 bits per heavy atom. The molecule has 0 radical (unpaired) electrons. The predicted molar refractivity (Wildman–Crippen MR) is 62.2 cm³/mol. The number of esters is 1. The fourth-order valence-electron chi connectivity index (χ4n) is 1.30. The molecule has 0 saturated carbocycles. The van der Waals surface area contributed by atoms with Crippen LogP contribution in [0.1, 0.15) is 12.0 Å². The molecule has 17 heavy (non-hydrogen) atoms. The maximum Gasteiger partial charge on any atom is 0.315 e. The molecule has 5 nitrogen and oxygen atoms in total. The van der Waals surface area contributed by atoms with Gasteiger partial charge in [0.1, 0.15) is 6.42 Å². The number of carbonyl (C=O) groups excluding carboxylic acids is 2. The van der Waals surface area contributed by atoms with Crippen LogP contribution in [0.3, 0.4) is 0 Å². The number of methoxy groups -OCH3 is 1. The third-order valence-corrected chi connectivity index (χ3v) is 2.43. The maximum atomic E-state index is 11.5. The van der Waals surface area contributed by atoms with Gasteiger partial charge in [0.05, 0.1) is 7.11 Å². The summed E-state index contributed by atoms with van der Waals surface area (Å²) in [5.74, 6) is -0.739. The number of rotatable bonds is 5. The molecule has 0 fully saturated rings. The molecule has 0 aliphatic rings. The van der Waals surface area contributed by atoms with Gasteiger partial charge in [-0.15, -0.1) is 0 Å². The van der Waals surface area contributed by atoms with Gasteiger partial charge < -0.3 is 9.64 Å². The second-order valence-electron chi connectivity index (χ2n) is 3.67. The van der Waals surface area contributed by atoms with Crippen molar-refractivity contribution in [1.82, 2.24) is 9.88 Å². The number of nitrogens with zero attached hydrogens (tertiary/aromatic N) is 2. The summed E-state index contributed by atoms with van der Waals surface area (Å²) in [6.45, 7) is 0.569. The van der Waals surface area contributed by atoms with E-state index in [0.717, 1.165) is 12.0 Å². The van der Waals surface area contributed by atoms with E-state index >= 15 is 0 Å². The molecule has 0 aliphatic carbocycles. The Kier molecular flexibility index (Phi) is 5.13. The normalized spacial score (nSPS) is 9.76. The van der Waals surface area contributed by atoms with Crippen LogP contribution in [0.5, 0.6) is 0 Å². The molecule has 1 rings (SSSR count). The van der Waals surface area contributed by atoms with E-state index in [4.69, 9.17) is 0 Å². The molecule has 0 unspecified atom stereocenters. The summed E-state index contributed by atoms with van der Waals surface area (Å²) < 4.78 is 4.44. The van der Waals surface area contributed by atoms with Gasteiger partial charge in [0.2, 0.25) is 5.91 Å². The molecule has 0 aliphatic heterocycles. The van der Waals surface area contributed by atoms with Crippen LogP contribution >= 0.6 is 0 Å². The molecule has 1 amide bonds. The zero-order chi connectivity index (χ0) is 12.7. The van der Waals surface area contributed by atoms with Crippen molar-refractivity contribution in [2.45, 2.75) is 12.8 Å². The van der Waals surface area contributed by atoms with E-state index in [0.29, 0.717) is 6.54 Å². The minimum atomic E-state index is -0.509. The van der Waals surface area contributed by atoms with E-state index < -0.39 is 5.97 Å². The Labute approximate surface area is 100 Å². The number of hydrogen-bond donors (Lipinski definition) is 0. The first-order valence-corrected chi connectivity index (χ1v) is 5.33. The van der Waals surface area contributed by atoms with Gasteiger partial charge in [-0.3, -0.25) is 14.6 Å². The molecule has 92 valence electrons. The second kappa shape index (κ2) is 6.62. The highest BCUT2D eigenvalue weighted by Gasteiger charge is 2.13. The fraction of sp³-hybridized carbons (Fsp3) is 0.417. The third-order valence-electron chi connectivity index (χ3n) is 2.43. The summed E-state index contributed by atoms with van der Waals surface area (Å²) in [6.07, 6.45) is 3.96. The van der Waals surface area contributed by atoms with Crippen molar-refractivity contribution in [3.05, 3.63) is 30.1 Å². The van der Waals surface area contributed by atoms with Crippen molar-refractivity contribution in [2.75, 3.05) is 20.7 Å². The van der Waals surface area contributed by atoms with Crippen LogP contribution < -0.4 is 0 Å². The summed E-state index contributed by atoms with van der Waals surface area (Å²) >= 11 is 0. The number of amides is 1. The third kappa shape index (κ3) is 4.63. The first kappa shape index (κ1) is 13.2. The van der Waals surface area contributed by atoms with Gasteiger partial charge in [-0.1, -0.05) is 0 Å². The van der Waals surface area contributed by atoms with Crippen LogP contribution in [-0.2, 0) is 20.7 Å². The Balaban J connectivity index is 2.37. The van der Waals surface area contributed by atoms with Crippen molar-refractivity contribution in [2.24, 2.45) is 0 Å². The van der Waals surface area contributed by atoms with Crippen LogP contribution in [0.15, 0.2) is 24.5 Å². The van der Waals surface area contributed by atoms with Crippen LogP contribution in [0, 0.1) is 0 Å². The quantitative estimate of drug-likeness (QED) is 0.556. The first-order chi connectivity index (χ1) is 8.13. The molecule has 0 atom stereocenters. The lowest BCUT2D eigenvalue weighted by Gasteiger charge is -2.16. The minimum Gasteiger partial charge on any atom is -0.469 e. The van der Waals surface area contributed by atoms with E-state index in [9.17, 15) is 9.59 Å². The number of carbonyl (C=O) groups is 2. The van der Waals surface area contributed by atoms with Crippen LogP contribution in [0.25, 0.3) is 0 Å². The zero-order valence-corrected chi connectivity index (χ0v) is 10.0. The lowest BCUT2D eigenvalue weighted by Crippen LogP contribution is -2.30. The number of pyridine rings is 1. The van der Waals surface area contributed by atoms with Gasteiger partial charge in [0.25, 0.3) is 0 Å². The molecule has 0 bridgehead atoms. The lowest BCUT2D eigenvalue weighted by molar-refractivity contribution is -0.146. The molecule has 1 heterocycles. The molecule has 0 saturated heterocycles. The van der Waals surface area contributed by atoms with E-state index in [1.165, 1.54) is 12.0 Å². The van der Waals surface area contributed by atoms with Crippen LogP contribution in [-0.4, -0.2) is 42.5 Å². The molecular formula is C12H16N2O3. The van der Waals surface area contributed by atoms with E-state index in [-0.39, 0.29) is 12.3 Å². The van der Waals surface area contributed by atoms with Crippen molar-refractivity contribution in [3.63, 3.8) is 0 Å². The molecule has 1 aromatic rings. The van der Waals surface area contributed by atoms with E-state index in [1.54, 1.807) is 19.4 Å². The number of aromatic nitrogens is 1. The van der Waals surface area contributed by atoms with E-state index in [2.05, 4.69) is 9.72 Å². The standard InChI is InChI=1S/C12H16N2O3/c1-14(11(15)9-12(16)17-2)8-5-10-3-6-13-7-4-10/h3-4,6-7H,5,8-9H2,1-2H3. The summed E-state index contributed by atoms with van der Waals surface area (Å²) in [5, 5.41) is 0. The molecule has 5 heteroatoms. The second-order valence-corrected chi connectivity index (χ2v) is 3.67.